The second-order valence-electron chi connectivity index (χ2n) is 5.06. The van der Waals surface area contributed by atoms with Crippen molar-refractivity contribution in [3.63, 3.8) is 0 Å². The van der Waals surface area contributed by atoms with Gasteiger partial charge < -0.3 is 25.2 Å². The van der Waals surface area contributed by atoms with Crippen molar-refractivity contribution in [2.45, 2.75) is 13.5 Å². The number of methoxy groups -OCH3 is 2. The number of halogens is 1. The molecule has 0 spiro atoms. The molecule has 2 rings (SSSR count). The molecule has 6 nitrogen and oxygen atoms in total. The van der Waals surface area contributed by atoms with E-state index in [9.17, 15) is 5.11 Å². The van der Waals surface area contributed by atoms with Crippen molar-refractivity contribution in [1.29, 1.82) is 0 Å². The standard InChI is InChI=1S/C18H23N3O3.HI/c1-4-19-18(20-12-13-5-8-15(22)9-6-13)21-14-7-10-16(23-2)17(11-14)24-3;/h5-11,22H,4,12H2,1-3H3,(H2,19,20,21);1H. The Labute approximate surface area is 165 Å². The lowest BCUT2D eigenvalue weighted by Crippen LogP contribution is -2.30. The lowest BCUT2D eigenvalue weighted by atomic mass is 10.2. The Morgan fingerprint density at radius 3 is 2.32 bits per heavy atom. The molecule has 136 valence electrons. The van der Waals surface area contributed by atoms with Crippen molar-refractivity contribution in [3.8, 4) is 17.2 Å². The molecular weight excluding hydrogens is 433 g/mol. The highest BCUT2D eigenvalue weighted by atomic mass is 127. The summed E-state index contributed by atoms with van der Waals surface area (Å²) in [5, 5.41) is 15.8. The number of rotatable bonds is 6. The first-order valence-corrected chi connectivity index (χ1v) is 7.71. The number of hydrogen-bond donors (Lipinski definition) is 3. The number of nitrogens with one attached hydrogen (secondary N) is 2. The zero-order valence-electron chi connectivity index (χ0n) is 14.6. The highest BCUT2D eigenvalue weighted by Crippen LogP contribution is 2.29. The minimum absolute atomic E-state index is 0. The molecule has 2 aromatic rings. The van der Waals surface area contributed by atoms with Crippen LogP contribution in [-0.4, -0.2) is 31.8 Å². The Kier molecular flexibility index (Phi) is 8.90. The number of aliphatic imine (C=N–C) groups is 1. The highest BCUT2D eigenvalue weighted by molar-refractivity contribution is 14.0. The van der Waals surface area contributed by atoms with E-state index in [4.69, 9.17) is 9.47 Å². The fraction of sp³-hybridized carbons (Fsp3) is 0.278. The molecule has 3 N–H and O–H groups in total. The minimum Gasteiger partial charge on any atom is -0.508 e. The van der Waals surface area contributed by atoms with E-state index in [0.717, 1.165) is 17.8 Å². The van der Waals surface area contributed by atoms with Gasteiger partial charge in [-0.2, -0.15) is 0 Å². The van der Waals surface area contributed by atoms with Crippen LogP contribution in [0, 0.1) is 0 Å². The van der Waals surface area contributed by atoms with Gasteiger partial charge in [0.1, 0.15) is 5.75 Å². The number of aromatic hydroxyl groups is 1. The molecule has 0 fully saturated rings. The third-order valence-corrected chi connectivity index (χ3v) is 3.35. The fourth-order valence-electron chi connectivity index (χ4n) is 2.13. The number of phenols is 1. The highest BCUT2D eigenvalue weighted by Gasteiger charge is 2.06. The van der Waals surface area contributed by atoms with E-state index in [1.165, 1.54) is 0 Å². The van der Waals surface area contributed by atoms with Gasteiger partial charge in [-0.15, -0.1) is 24.0 Å². The van der Waals surface area contributed by atoms with Gasteiger partial charge in [0.05, 0.1) is 20.8 Å². The first kappa shape index (κ1) is 20.9. The molecule has 0 aliphatic heterocycles. The molecule has 0 heterocycles. The predicted octanol–water partition coefficient (Wildman–Crippen LogP) is 3.61. The zero-order chi connectivity index (χ0) is 17.4. The van der Waals surface area contributed by atoms with Crippen molar-refractivity contribution < 1.29 is 14.6 Å². The molecule has 0 amide bonds. The summed E-state index contributed by atoms with van der Waals surface area (Å²) in [4.78, 5) is 4.55. The third kappa shape index (κ3) is 6.33. The van der Waals surface area contributed by atoms with Gasteiger partial charge in [0.25, 0.3) is 0 Å². The van der Waals surface area contributed by atoms with Crippen molar-refractivity contribution >= 4 is 35.6 Å². The van der Waals surface area contributed by atoms with Gasteiger partial charge in [-0.05, 0) is 36.8 Å². The normalized spacial score (nSPS) is 10.6. The predicted molar refractivity (Wildman–Crippen MR) is 112 cm³/mol. The van der Waals surface area contributed by atoms with Crippen LogP contribution in [-0.2, 0) is 6.54 Å². The Hall–Kier alpha value is -2.16. The van der Waals surface area contributed by atoms with Gasteiger partial charge in [-0.3, -0.25) is 0 Å². The van der Waals surface area contributed by atoms with E-state index in [-0.39, 0.29) is 29.7 Å². The summed E-state index contributed by atoms with van der Waals surface area (Å²) in [6.45, 7) is 3.25. The Morgan fingerprint density at radius 2 is 1.72 bits per heavy atom. The van der Waals surface area contributed by atoms with E-state index >= 15 is 0 Å². The van der Waals surface area contributed by atoms with E-state index < -0.39 is 0 Å². The van der Waals surface area contributed by atoms with Gasteiger partial charge in [-0.1, -0.05) is 12.1 Å². The second-order valence-corrected chi connectivity index (χ2v) is 5.06. The number of hydrogen-bond acceptors (Lipinski definition) is 4. The topological polar surface area (TPSA) is 75.1 Å². The van der Waals surface area contributed by atoms with Crippen LogP contribution in [0.3, 0.4) is 0 Å². The maximum atomic E-state index is 9.32. The molecule has 0 saturated carbocycles. The summed E-state index contributed by atoms with van der Waals surface area (Å²) in [5.41, 5.74) is 1.86. The number of anilines is 1. The van der Waals surface area contributed by atoms with Crippen LogP contribution in [0.2, 0.25) is 0 Å². The van der Waals surface area contributed by atoms with Gasteiger partial charge >= 0.3 is 0 Å². The maximum Gasteiger partial charge on any atom is 0.196 e. The molecule has 0 aromatic heterocycles. The van der Waals surface area contributed by atoms with Gasteiger partial charge in [0, 0.05) is 18.3 Å². The molecule has 0 saturated heterocycles. The summed E-state index contributed by atoms with van der Waals surface area (Å²) in [6.07, 6.45) is 0. The molecular formula is C18H24IN3O3. The van der Waals surface area contributed by atoms with Crippen LogP contribution < -0.4 is 20.1 Å². The van der Waals surface area contributed by atoms with E-state index in [1.54, 1.807) is 26.4 Å². The molecule has 25 heavy (non-hydrogen) atoms. The van der Waals surface area contributed by atoms with Gasteiger partial charge in [0.2, 0.25) is 0 Å². The van der Waals surface area contributed by atoms with E-state index in [0.29, 0.717) is 24.0 Å². The average molecular weight is 457 g/mol. The van der Waals surface area contributed by atoms with Crippen molar-refractivity contribution in [3.05, 3.63) is 48.0 Å². The minimum atomic E-state index is 0. The molecule has 0 aliphatic rings. The molecule has 2 aromatic carbocycles. The van der Waals surface area contributed by atoms with Crippen molar-refractivity contribution in [2.75, 3.05) is 26.1 Å². The number of guanidine groups is 1. The Balaban J connectivity index is 0.00000312. The summed E-state index contributed by atoms with van der Waals surface area (Å²) in [7, 11) is 3.21. The lowest BCUT2D eigenvalue weighted by Gasteiger charge is -2.14. The fourth-order valence-corrected chi connectivity index (χ4v) is 2.13. The summed E-state index contributed by atoms with van der Waals surface area (Å²) < 4.78 is 10.5. The largest absolute Gasteiger partial charge is 0.508 e. The summed E-state index contributed by atoms with van der Waals surface area (Å²) in [5.74, 6) is 2.24. The Bertz CT molecular complexity index is 690. The molecule has 0 radical (unpaired) electrons. The lowest BCUT2D eigenvalue weighted by molar-refractivity contribution is 0.355. The first-order chi connectivity index (χ1) is 11.7. The molecule has 0 atom stereocenters. The van der Waals surface area contributed by atoms with Gasteiger partial charge in [-0.25, -0.2) is 4.99 Å². The SMILES string of the molecule is CCNC(=NCc1ccc(O)cc1)Nc1ccc(OC)c(OC)c1.I. The summed E-state index contributed by atoms with van der Waals surface area (Å²) in [6, 6.07) is 12.6. The molecule has 0 bridgehead atoms. The third-order valence-electron chi connectivity index (χ3n) is 3.35. The zero-order valence-corrected chi connectivity index (χ0v) is 16.9. The van der Waals surface area contributed by atoms with Crippen LogP contribution in [0.5, 0.6) is 17.2 Å². The smallest absolute Gasteiger partial charge is 0.196 e. The van der Waals surface area contributed by atoms with Crippen LogP contribution in [0.1, 0.15) is 12.5 Å². The molecule has 7 heteroatoms. The molecule has 0 unspecified atom stereocenters. The summed E-state index contributed by atoms with van der Waals surface area (Å²) >= 11 is 0. The van der Waals surface area contributed by atoms with E-state index in [1.807, 2.05) is 37.3 Å². The monoisotopic (exact) mass is 457 g/mol. The van der Waals surface area contributed by atoms with Crippen molar-refractivity contribution in [2.24, 2.45) is 4.99 Å². The number of nitrogens with zero attached hydrogens (tertiary/aromatic N) is 1. The second kappa shape index (κ2) is 10.7. The van der Waals surface area contributed by atoms with E-state index in [2.05, 4.69) is 15.6 Å². The number of ether oxygens (including phenoxy) is 2. The van der Waals surface area contributed by atoms with Crippen molar-refractivity contribution in [1.82, 2.24) is 5.32 Å². The number of phenolic OH excluding ortho intramolecular Hbond substituents is 1. The first-order valence-electron chi connectivity index (χ1n) is 7.71. The van der Waals surface area contributed by atoms with Crippen LogP contribution in [0.15, 0.2) is 47.5 Å². The van der Waals surface area contributed by atoms with Gasteiger partial charge in [0.15, 0.2) is 17.5 Å². The Morgan fingerprint density at radius 1 is 1.04 bits per heavy atom. The van der Waals surface area contributed by atoms with Crippen LogP contribution in [0.4, 0.5) is 5.69 Å². The average Bonchev–Trinajstić information content (AvgIpc) is 2.61. The quantitative estimate of drug-likeness (QED) is 0.351. The molecule has 0 aliphatic carbocycles. The number of benzene rings is 2. The van der Waals surface area contributed by atoms with Crippen LogP contribution >= 0.6 is 24.0 Å². The maximum absolute atomic E-state index is 9.32. The van der Waals surface area contributed by atoms with Crippen LogP contribution in [0.25, 0.3) is 0 Å².